The highest BCUT2D eigenvalue weighted by molar-refractivity contribution is 5.85. The Hall–Kier alpha value is -2.60. The number of H-pyrrole nitrogens is 1. The smallest absolute Gasteiger partial charge is 0.280 e. The molecule has 0 saturated carbocycles. The number of aromatic amines is 1. The normalized spacial score (nSPS) is 10.2. The predicted octanol–water partition coefficient (Wildman–Crippen LogP) is 2.09. The van der Waals surface area contributed by atoms with Crippen molar-refractivity contribution in [3.63, 3.8) is 0 Å². The van der Waals surface area contributed by atoms with Gasteiger partial charge in [-0.15, -0.1) is 12.4 Å². The topological polar surface area (TPSA) is 87.7 Å². The molecule has 0 spiro atoms. The zero-order chi connectivity index (χ0) is 14.8. The molecule has 0 bridgehead atoms. The molecule has 3 aromatic rings. The van der Waals surface area contributed by atoms with Crippen molar-refractivity contribution in [2.24, 2.45) is 0 Å². The fourth-order valence-electron chi connectivity index (χ4n) is 2.10. The Morgan fingerprint density at radius 2 is 2.00 bits per heavy atom. The number of nitrogens with one attached hydrogen (secondary N) is 2. The molecule has 2 aromatic heterocycles. The zero-order valence-electron chi connectivity index (χ0n) is 11.9. The Labute approximate surface area is 132 Å². The van der Waals surface area contributed by atoms with Crippen LogP contribution in [0.2, 0.25) is 0 Å². The second-order valence-corrected chi connectivity index (χ2v) is 4.76. The first-order valence-corrected chi connectivity index (χ1v) is 6.49. The molecule has 7 heteroatoms. The largest absolute Gasteiger partial charge is 0.382 e. The first kappa shape index (κ1) is 15.8. The summed E-state index contributed by atoms with van der Waals surface area (Å²) in [4.78, 5) is 11.1. The van der Waals surface area contributed by atoms with E-state index >= 15 is 0 Å². The van der Waals surface area contributed by atoms with Crippen LogP contribution < -0.4 is 11.0 Å². The molecule has 0 unspecified atom stereocenters. The number of rotatable bonds is 3. The molecule has 2 heterocycles. The maximum atomic E-state index is 11.1. The van der Waals surface area contributed by atoms with E-state index in [1.54, 1.807) is 0 Å². The molecular formula is C15H15ClN4O2. The van der Waals surface area contributed by atoms with Gasteiger partial charge in [0.15, 0.2) is 5.76 Å². The average Bonchev–Trinajstić information content (AvgIpc) is 2.90. The number of halogens is 1. The van der Waals surface area contributed by atoms with Crippen LogP contribution in [0.3, 0.4) is 0 Å². The van der Waals surface area contributed by atoms with Gasteiger partial charge in [0.2, 0.25) is 0 Å². The van der Waals surface area contributed by atoms with Crippen LogP contribution in [-0.2, 0) is 6.54 Å². The number of nitrogens with zero attached hydrogens (tertiary/aromatic N) is 2. The van der Waals surface area contributed by atoms with Crippen LogP contribution in [0.4, 0.5) is 0 Å². The Kier molecular flexibility index (Phi) is 4.62. The van der Waals surface area contributed by atoms with Crippen molar-refractivity contribution in [2.75, 3.05) is 0 Å². The Balaban J connectivity index is 0.00000176. The number of aryl methyl sites for hydroxylation is 1. The molecule has 0 radical (unpaired) electrons. The maximum Gasteiger partial charge on any atom is 0.280 e. The summed E-state index contributed by atoms with van der Waals surface area (Å²) in [5.74, 6) is 0.440. The van der Waals surface area contributed by atoms with E-state index in [2.05, 4.69) is 10.3 Å². The highest BCUT2D eigenvalue weighted by atomic mass is 35.5. The summed E-state index contributed by atoms with van der Waals surface area (Å²) in [5, 5.41) is 14.8. The Bertz CT molecular complexity index is 880. The van der Waals surface area contributed by atoms with E-state index < -0.39 is 0 Å². The van der Waals surface area contributed by atoms with Crippen molar-refractivity contribution < 1.29 is 4.52 Å². The standard InChI is InChI=1S/C15H14N4O2.ClH/c1-10-7-13(11-5-3-2-4-6-11)17-19(15(10)16)9-12-8-14(20)18-21-12;/h2-8,16H,9H2,1H3,(H,18,20);1H. The number of hydrogen-bond donors (Lipinski definition) is 2. The third-order valence-electron chi connectivity index (χ3n) is 3.16. The molecule has 114 valence electrons. The lowest BCUT2D eigenvalue weighted by atomic mass is 10.1. The van der Waals surface area contributed by atoms with E-state index in [0.717, 1.165) is 16.8 Å². The molecule has 0 amide bonds. The van der Waals surface area contributed by atoms with Crippen LogP contribution in [-0.4, -0.2) is 14.9 Å². The van der Waals surface area contributed by atoms with Crippen molar-refractivity contribution in [2.45, 2.75) is 13.5 Å². The predicted molar refractivity (Wildman–Crippen MR) is 83.9 cm³/mol. The van der Waals surface area contributed by atoms with Crippen LogP contribution in [0.25, 0.3) is 11.3 Å². The fraction of sp³-hybridized carbons (Fsp3) is 0.133. The first-order chi connectivity index (χ1) is 10.1. The molecule has 0 aliphatic rings. The summed E-state index contributed by atoms with van der Waals surface area (Å²) >= 11 is 0. The van der Waals surface area contributed by atoms with Crippen LogP contribution >= 0.6 is 12.4 Å². The molecule has 2 N–H and O–H groups in total. The van der Waals surface area contributed by atoms with Gasteiger partial charge in [-0.3, -0.25) is 10.2 Å². The van der Waals surface area contributed by atoms with Crippen LogP contribution in [0, 0.1) is 12.3 Å². The van der Waals surface area contributed by atoms with Crippen molar-refractivity contribution in [1.29, 1.82) is 5.41 Å². The van der Waals surface area contributed by atoms with E-state index in [1.165, 1.54) is 10.7 Å². The molecular weight excluding hydrogens is 304 g/mol. The number of benzene rings is 1. The second kappa shape index (κ2) is 6.44. The van der Waals surface area contributed by atoms with Crippen molar-refractivity contribution in [3.05, 3.63) is 69.6 Å². The third kappa shape index (κ3) is 3.17. The summed E-state index contributed by atoms with van der Waals surface area (Å²) in [6.07, 6.45) is 0. The van der Waals surface area contributed by atoms with Crippen molar-refractivity contribution in [3.8, 4) is 11.3 Å². The van der Waals surface area contributed by atoms with E-state index in [-0.39, 0.29) is 24.5 Å². The number of aromatic nitrogens is 3. The molecule has 3 rings (SSSR count). The Morgan fingerprint density at radius 3 is 2.64 bits per heavy atom. The molecule has 0 saturated heterocycles. The maximum absolute atomic E-state index is 11.1. The monoisotopic (exact) mass is 318 g/mol. The molecule has 0 aliphatic heterocycles. The molecule has 6 nitrogen and oxygen atoms in total. The van der Waals surface area contributed by atoms with Crippen LogP contribution in [0.5, 0.6) is 0 Å². The molecule has 0 aliphatic carbocycles. The second-order valence-electron chi connectivity index (χ2n) is 4.76. The Morgan fingerprint density at radius 1 is 1.27 bits per heavy atom. The third-order valence-corrected chi connectivity index (χ3v) is 3.16. The molecule has 0 fully saturated rings. The molecule has 22 heavy (non-hydrogen) atoms. The first-order valence-electron chi connectivity index (χ1n) is 6.49. The quantitative estimate of drug-likeness (QED) is 0.775. The average molecular weight is 319 g/mol. The van der Waals surface area contributed by atoms with Crippen LogP contribution in [0.15, 0.2) is 51.8 Å². The lowest BCUT2D eigenvalue weighted by Crippen LogP contribution is -2.26. The van der Waals surface area contributed by atoms with Gasteiger partial charge in [-0.05, 0) is 18.6 Å². The van der Waals surface area contributed by atoms with Gasteiger partial charge in [0.1, 0.15) is 12.0 Å². The molecule has 1 aromatic carbocycles. The van der Waals surface area contributed by atoms with Gasteiger partial charge >= 0.3 is 0 Å². The zero-order valence-corrected chi connectivity index (χ0v) is 12.7. The number of hydrogen-bond acceptors (Lipinski definition) is 4. The molecule has 0 atom stereocenters. The van der Waals surface area contributed by atoms with Crippen LogP contribution in [0.1, 0.15) is 11.3 Å². The summed E-state index contributed by atoms with van der Waals surface area (Å²) in [5.41, 5.74) is 2.56. The van der Waals surface area contributed by atoms with Gasteiger partial charge in [0.05, 0.1) is 5.69 Å². The summed E-state index contributed by atoms with van der Waals surface area (Å²) in [7, 11) is 0. The minimum absolute atomic E-state index is 0. The van der Waals surface area contributed by atoms with E-state index in [4.69, 9.17) is 9.93 Å². The minimum Gasteiger partial charge on any atom is -0.382 e. The lowest BCUT2D eigenvalue weighted by molar-refractivity contribution is 0.363. The highest BCUT2D eigenvalue weighted by Gasteiger charge is 2.08. The van der Waals surface area contributed by atoms with Gasteiger partial charge in [-0.1, -0.05) is 30.3 Å². The fourth-order valence-corrected chi connectivity index (χ4v) is 2.10. The lowest BCUT2D eigenvalue weighted by Gasteiger charge is -2.09. The summed E-state index contributed by atoms with van der Waals surface area (Å²) in [6, 6.07) is 13.0. The summed E-state index contributed by atoms with van der Waals surface area (Å²) < 4.78 is 6.54. The summed E-state index contributed by atoms with van der Waals surface area (Å²) in [6.45, 7) is 2.10. The van der Waals surface area contributed by atoms with Gasteiger partial charge < -0.3 is 4.52 Å². The van der Waals surface area contributed by atoms with Crippen molar-refractivity contribution >= 4 is 12.4 Å². The van der Waals surface area contributed by atoms with E-state index in [9.17, 15) is 4.79 Å². The minimum atomic E-state index is -0.298. The van der Waals surface area contributed by atoms with Gasteiger partial charge in [-0.25, -0.2) is 4.68 Å². The van der Waals surface area contributed by atoms with Gasteiger partial charge in [0, 0.05) is 11.6 Å². The van der Waals surface area contributed by atoms with Gasteiger partial charge in [0.25, 0.3) is 5.56 Å². The highest BCUT2D eigenvalue weighted by Crippen LogP contribution is 2.15. The SMILES string of the molecule is Cc1cc(-c2ccccc2)nn(Cc2cc(=O)[nH]o2)c1=N.Cl. The van der Waals surface area contributed by atoms with E-state index in [0.29, 0.717) is 11.2 Å². The van der Waals surface area contributed by atoms with Gasteiger partial charge in [-0.2, -0.15) is 10.3 Å². The van der Waals surface area contributed by atoms with E-state index in [1.807, 2.05) is 43.3 Å². The van der Waals surface area contributed by atoms with Crippen molar-refractivity contribution in [1.82, 2.24) is 14.9 Å².